The van der Waals surface area contributed by atoms with E-state index in [0.717, 1.165) is 31.3 Å². The lowest BCUT2D eigenvalue weighted by Gasteiger charge is -2.15. The Balaban J connectivity index is 2.84. The van der Waals surface area contributed by atoms with E-state index in [0.29, 0.717) is 6.54 Å². The van der Waals surface area contributed by atoms with E-state index in [-0.39, 0.29) is 11.4 Å². The zero-order valence-electron chi connectivity index (χ0n) is 12.0. The van der Waals surface area contributed by atoms with Gasteiger partial charge in [0.15, 0.2) is 0 Å². The molecule has 8 heteroatoms. The van der Waals surface area contributed by atoms with E-state index in [1.165, 1.54) is 4.90 Å². The van der Waals surface area contributed by atoms with Crippen LogP contribution in [0.5, 0.6) is 0 Å². The summed E-state index contributed by atoms with van der Waals surface area (Å²) < 4.78 is 39.6. The van der Waals surface area contributed by atoms with E-state index in [1.807, 2.05) is 13.8 Å². The number of carbonyl (C=O) groups is 1. The van der Waals surface area contributed by atoms with Gasteiger partial charge < -0.3 is 14.8 Å². The summed E-state index contributed by atoms with van der Waals surface area (Å²) in [5.74, 6) is -2.78. The lowest BCUT2D eigenvalue weighted by atomic mass is 10.2. The maximum Gasteiger partial charge on any atom is 0.240 e. The molecule has 0 heterocycles. The molecule has 21 heavy (non-hydrogen) atoms. The molecule has 0 saturated heterocycles. The molecule has 2 N–H and O–H groups in total. The lowest BCUT2D eigenvalue weighted by molar-refractivity contribution is -0.895. The van der Waals surface area contributed by atoms with Gasteiger partial charge in [0.1, 0.15) is 5.82 Å². The lowest BCUT2D eigenvalue weighted by Crippen LogP contribution is -3.12. The molecule has 0 aliphatic rings. The van der Waals surface area contributed by atoms with Gasteiger partial charge in [-0.05, 0) is 32.0 Å². The average Bonchev–Trinajstić information content (AvgIpc) is 2.43. The van der Waals surface area contributed by atoms with Gasteiger partial charge in [0.25, 0.3) is 0 Å². The van der Waals surface area contributed by atoms with E-state index in [9.17, 15) is 22.7 Å². The molecule has 0 atom stereocenters. The molecule has 0 aromatic heterocycles. The van der Waals surface area contributed by atoms with Crippen LogP contribution in [-0.4, -0.2) is 40.6 Å². The Morgan fingerprint density at radius 3 is 2.48 bits per heavy atom. The predicted molar refractivity (Wildman–Crippen MR) is 72.8 cm³/mol. The quantitative estimate of drug-likeness (QED) is 0.603. The second-order valence-corrected chi connectivity index (χ2v) is 6.30. The topological polar surface area (TPSA) is 90.7 Å². The van der Waals surface area contributed by atoms with Crippen molar-refractivity contribution in [3.63, 3.8) is 0 Å². The van der Waals surface area contributed by atoms with Gasteiger partial charge in [0.2, 0.25) is 10.0 Å². The largest absolute Gasteiger partial charge is 0.545 e. The molecular weight excluding hydrogens is 299 g/mol. The van der Waals surface area contributed by atoms with Crippen molar-refractivity contribution in [2.24, 2.45) is 0 Å². The summed E-state index contributed by atoms with van der Waals surface area (Å²) >= 11 is 0. The maximum absolute atomic E-state index is 13.2. The van der Waals surface area contributed by atoms with E-state index in [2.05, 4.69) is 4.72 Å². The summed E-state index contributed by atoms with van der Waals surface area (Å²) in [7, 11) is -3.87. The summed E-state index contributed by atoms with van der Waals surface area (Å²) in [6.45, 7) is 6.59. The third-order valence-corrected chi connectivity index (χ3v) is 4.70. The summed E-state index contributed by atoms with van der Waals surface area (Å²) in [5, 5.41) is 10.7. The number of hydrogen-bond donors (Lipinski definition) is 2. The number of sulfonamides is 1. The number of likely N-dealkylation sites (N-methyl/N-ethyl adjacent to an activating group) is 1. The zero-order valence-corrected chi connectivity index (χ0v) is 12.8. The number of halogens is 1. The molecular formula is C13H19FN2O4S. The van der Waals surface area contributed by atoms with Gasteiger partial charge in [0.05, 0.1) is 37.0 Å². The van der Waals surface area contributed by atoms with Gasteiger partial charge >= 0.3 is 0 Å². The fraction of sp³-hybridized carbons (Fsp3) is 0.462. The highest BCUT2D eigenvalue weighted by molar-refractivity contribution is 7.89. The first-order valence-corrected chi connectivity index (χ1v) is 8.14. The number of rotatable bonds is 8. The Morgan fingerprint density at radius 1 is 1.33 bits per heavy atom. The molecule has 6 nitrogen and oxygen atoms in total. The van der Waals surface area contributed by atoms with Crippen LogP contribution in [0.25, 0.3) is 0 Å². The number of quaternary nitrogens is 1. The summed E-state index contributed by atoms with van der Waals surface area (Å²) in [6, 6.07) is 2.58. The first-order valence-electron chi connectivity index (χ1n) is 6.66. The van der Waals surface area contributed by atoms with Gasteiger partial charge in [-0.2, -0.15) is 0 Å². The van der Waals surface area contributed by atoms with Crippen molar-refractivity contribution in [1.29, 1.82) is 0 Å². The molecule has 0 unspecified atom stereocenters. The van der Waals surface area contributed by atoms with Crippen LogP contribution in [-0.2, 0) is 10.0 Å². The van der Waals surface area contributed by atoms with Crippen LogP contribution in [0.15, 0.2) is 23.1 Å². The maximum atomic E-state index is 13.2. The molecule has 0 bridgehead atoms. The van der Waals surface area contributed by atoms with Crippen LogP contribution >= 0.6 is 0 Å². The van der Waals surface area contributed by atoms with Crippen molar-refractivity contribution in [3.8, 4) is 0 Å². The highest BCUT2D eigenvalue weighted by atomic mass is 32.2. The molecule has 1 aromatic rings. The molecule has 0 aliphatic carbocycles. The van der Waals surface area contributed by atoms with Gasteiger partial charge in [-0.15, -0.1) is 0 Å². The number of benzene rings is 1. The van der Waals surface area contributed by atoms with Crippen molar-refractivity contribution in [2.75, 3.05) is 26.2 Å². The van der Waals surface area contributed by atoms with Gasteiger partial charge in [-0.1, -0.05) is 0 Å². The van der Waals surface area contributed by atoms with Crippen LogP contribution in [0, 0.1) is 5.82 Å². The number of carbonyl (C=O) groups excluding carboxylic acids is 1. The Morgan fingerprint density at radius 2 is 1.95 bits per heavy atom. The van der Waals surface area contributed by atoms with E-state index in [1.54, 1.807) is 0 Å². The minimum Gasteiger partial charge on any atom is -0.545 e. The first kappa shape index (κ1) is 17.5. The van der Waals surface area contributed by atoms with Crippen LogP contribution in [0.4, 0.5) is 4.39 Å². The SMILES string of the molecule is CC[NH+](CC)CCNS(=O)(=O)c1ccc(F)c(C(=O)[O-])c1. The molecule has 0 amide bonds. The van der Waals surface area contributed by atoms with Crippen LogP contribution in [0.3, 0.4) is 0 Å². The molecule has 0 radical (unpaired) electrons. The Labute approximate surface area is 123 Å². The summed E-state index contributed by atoms with van der Waals surface area (Å²) in [6.07, 6.45) is 0. The van der Waals surface area contributed by atoms with Gasteiger partial charge in [-0.3, -0.25) is 0 Å². The summed E-state index contributed by atoms with van der Waals surface area (Å²) in [5.41, 5.74) is -0.771. The molecule has 0 fully saturated rings. The average molecular weight is 318 g/mol. The standard InChI is InChI=1S/C13H19FN2O4S/c1-3-16(4-2)8-7-15-21(19,20)10-5-6-12(14)11(9-10)13(17)18/h5-6,9,15H,3-4,7-8H2,1-2H3,(H,17,18). The Hall–Kier alpha value is -1.51. The number of carboxylic acid groups (broad SMARTS) is 1. The number of aromatic carboxylic acids is 1. The number of nitrogens with one attached hydrogen (secondary N) is 2. The van der Waals surface area contributed by atoms with Gasteiger partial charge in [-0.25, -0.2) is 17.5 Å². The van der Waals surface area contributed by atoms with Crippen molar-refractivity contribution >= 4 is 16.0 Å². The van der Waals surface area contributed by atoms with Crippen LogP contribution in [0.2, 0.25) is 0 Å². The highest BCUT2D eigenvalue weighted by Gasteiger charge is 2.17. The summed E-state index contributed by atoms with van der Waals surface area (Å²) in [4.78, 5) is 11.6. The van der Waals surface area contributed by atoms with Gasteiger partial charge in [0, 0.05) is 5.56 Å². The molecule has 0 aliphatic heterocycles. The monoisotopic (exact) mass is 318 g/mol. The molecule has 0 saturated carbocycles. The number of hydrogen-bond acceptors (Lipinski definition) is 4. The molecule has 0 spiro atoms. The fourth-order valence-electron chi connectivity index (χ4n) is 1.88. The van der Waals surface area contributed by atoms with E-state index < -0.39 is 27.4 Å². The van der Waals surface area contributed by atoms with Crippen molar-refractivity contribution in [3.05, 3.63) is 29.6 Å². The number of carboxylic acids is 1. The minimum atomic E-state index is -3.87. The first-order chi connectivity index (χ1) is 9.81. The Bertz CT molecular complexity index is 600. The molecule has 118 valence electrons. The predicted octanol–water partition coefficient (Wildman–Crippen LogP) is -1.61. The van der Waals surface area contributed by atoms with Crippen molar-refractivity contribution < 1.29 is 27.6 Å². The van der Waals surface area contributed by atoms with E-state index >= 15 is 0 Å². The second-order valence-electron chi connectivity index (χ2n) is 4.53. The van der Waals surface area contributed by atoms with E-state index in [4.69, 9.17) is 0 Å². The molecule has 1 aromatic carbocycles. The minimum absolute atomic E-state index is 0.220. The second kappa shape index (κ2) is 7.48. The van der Waals surface area contributed by atoms with Crippen molar-refractivity contribution in [1.82, 2.24) is 4.72 Å². The van der Waals surface area contributed by atoms with Crippen LogP contribution in [0.1, 0.15) is 24.2 Å². The molecule has 1 rings (SSSR count). The third kappa shape index (κ3) is 4.76. The zero-order chi connectivity index (χ0) is 16.0. The Kier molecular flexibility index (Phi) is 6.25. The normalized spacial score (nSPS) is 11.8. The van der Waals surface area contributed by atoms with Crippen molar-refractivity contribution in [2.45, 2.75) is 18.7 Å². The van der Waals surface area contributed by atoms with Crippen LogP contribution < -0.4 is 14.7 Å². The smallest absolute Gasteiger partial charge is 0.240 e. The third-order valence-electron chi connectivity index (χ3n) is 3.24. The highest BCUT2D eigenvalue weighted by Crippen LogP contribution is 2.14. The fourth-order valence-corrected chi connectivity index (χ4v) is 2.93.